The lowest BCUT2D eigenvalue weighted by Crippen LogP contribution is -2.55. The van der Waals surface area contributed by atoms with Crippen molar-refractivity contribution in [3.8, 4) is 5.75 Å². The number of alkyl carbamates (subject to hydrolysis) is 1. The zero-order chi connectivity index (χ0) is 29.6. The van der Waals surface area contributed by atoms with Crippen LogP contribution in [0.4, 0.5) is 20.8 Å². The fraction of sp³-hybridized carbons (Fsp3) is 0.655. The number of hydrogen-bond donors (Lipinski definition) is 2. The Balaban J connectivity index is 1.14. The molecule has 11 nitrogen and oxygen atoms in total. The fourth-order valence-corrected chi connectivity index (χ4v) is 7.40. The molecule has 3 saturated heterocycles. The van der Waals surface area contributed by atoms with Gasteiger partial charge in [0.05, 0.1) is 49.0 Å². The summed E-state index contributed by atoms with van der Waals surface area (Å²) in [5.41, 5.74) is -0.279. The highest BCUT2D eigenvalue weighted by Gasteiger charge is 2.50. The first-order chi connectivity index (χ1) is 20.0. The van der Waals surface area contributed by atoms with Crippen molar-refractivity contribution in [1.82, 2.24) is 20.3 Å². The van der Waals surface area contributed by atoms with Gasteiger partial charge in [-0.1, -0.05) is 11.8 Å². The number of nitrogens with zero attached hydrogens (tertiary/aromatic N) is 5. The van der Waals surface area contributed by atoms with Gasteiger partial charge in [0.25, 0.3) is 0 Å². The number of fused-ring (bicyclic) bond motifs is 3. The Morgan fingerprint density at radius 3 is 2.81 bits per heavy atom. The number of carbonyl (C=O) groups excluding carboxylic acids is 1. The number of alkyl halides is 1. The molecule has 4 aliphatic heterocycles. The minimum Gasteiger partial charge on any atom is -0.486 e. The molecule has 1 amide bonds. The van der Waals surface area contributed by atoms with Crippen LogP contribution in [0, 0.1) is 5.41 Å². The maximum Gasteiger partial charge on any atom is 0.407 e. The van der Waals surface area contributed by atoms with Gasteiger partial charge in [0, 0.05) is 31.1 Å². The van der Waals surface area contributed by atoms with Gasteiger partial charge in [-0.25, -0.2) is 24.1 Å². The normalized spacial score (nSPS) is 26.5. The van der Waals surface area contributed by atoms with Crippen molar-refractivity contribution in [2.45, 2.75) is 93.4 Å². The number of carbonyl (C=O) groups is 1. The Bertz CT molecular complexity index is 1320. The first kappa shape index (κ1) is 29.2. The van der Waals surface area contributed by atoms with E-state index in [2.05, 4.69) is 15.2 Å². The highest BCUT2D eigenvalue weighted by Crippen LogP contribution is 2.45. The monoisotopic (exact) mass is 602 g/mol. The summed E-state index contributed by atoms with van der Waals surface area (Å²) in [5.74, 6) is 1.95. The molecule has 13 heteroatoms. The molecule has 0 aliphatic carbocycles. The van der Waals surface area contributed by atoms with Gasteiger partial charge < -0.3 is 34.4 Å². The third-order valence-corrected chi connectivity index (χ3v) is 9.51. The van der Waals surface area contributed by atoms with Crippen molar-refractivity contribution in [3.63, 3.8) is 0 Å². The number of amides is 1. The summed E-state index contributed by atoms with van der Waals surface area (Å²) in [6.45, 7) is 9.98. The highest BCUT2D eigenvalue weighted by molar-refractivity contribution is 7.99. The molecule has 0 aromatic carbocycles. The van der Waals surface area contributed by atoms with Crippen LogP contribution in [0.1, 0.15) is 52.7 Å². The molecular weight excluding hydrogens is 563 g/mol. The molecule has 0 bridgehead atoms. The maximum atomic E-state index is 14.1. The number of ether oxygens (including phenoxy) is 3. The molecule has 4 atom stereocenters. The Morgan fingerprint density at radius 2 is 2.07 bits per heavy atom. The molecule has 0 unspecified atom stereocenters. The van der Waals surface area contributed by atoms with E-state index in [-0.39, 0.29) is 30.2 Å². The molecule has 228 valence electrons. The summed E-state index contributed by atoms with van der Waals surface area (Å²) >= 11 is 1.39. The van der Waals surface area contributed by atoms with Crippen molar-refractivity contribution < 1.29 is 28.5 Å². The second-order valence-corrected chi connectivity index (χ2v) is 13.7. The third-order valence-electron chi connectivity index (χ3n) is 8.56. The largest absolute Gasteiger partial charge is 0.486 e. The molecule has 6 heterocycles. The average molecular weight is 603 g/mol. The van der Waals surface area contributed by atoms with Crippen LogP contribution in [-0.2, 0) is 16.1 Å². The Morgan fingerprint density at radius 1 is 1.29 bits per heavy atom. The number of pyridine rings is 1. The van der Waals surface area contributed by atoms with Gasteiger partial charge in [-0.2, -0.15) is 0 Å². The number of aliphatic hydroxyl groups is 1. The summed E-state index contributed by atoms with van der Waals surface area (Å²) < 4.78 is 31.6. The van der Waals surface area contributed by atoms with Gasteiger partial charge >= 0.3 is 6.09 Å². The number of anilines is 2. The zero-order valence-corrected chi connectivity index (χ0v) is 25.3. The smallest absolute Gasteiger partial charge is 0.407 e. The molecular formula is C29H39FN6O5S. The lowest BCUT2D eigenvalue weighted by Gasteiger charge is -2.43. The quantitative estimate of drug-likeness (QED) is 0.521. The minimum absolute atomic E-state index is 0.00590. The second-order valence-electron chi connectivity index (χ2n) is 12.6. The lowest BCUT2D eigenvalue weighted by molar-refractivity contribution is 0.0434. The summed E-state index contributed by atoms with van der Waals surface area (Å²) in [6.07, 6.45) is 4.02. The summed E-state index contributed by atoms with van der Waals surface area (Å²) in [5, 5.41) is 13.9. The van der Waals surface area contributed by atoms with Gasteiger partial charge in [0.15, 0.2) is 17.4 Å². The number of nitrogens with one attached hydrogen (secondary N) is 1. The summed E-state index contributed by atoms with van der Waals surface area (Å²) in [7, 11) is 0. The number of aliphatic hydroxyl groups excluding tert-OH is 1. The van der Waals surface area contributed by atoms with Gasteiger partial charge in [-0.3, -0.25) is 0 Å². The van der Waals surface area contributed by atoms with E-state index in [1.54, 1.807) is 12.4 Å². The zero-order valence-electron chi connectivity index (χ0n) is 24.5. The van der Waals surface area contributed by atoms with Crippen molar-refractivity contribution in [2.75, 3.05) is 42.6 Å². The number of aromatic nitrogens is 3. The molecule has 2 N–H and O–H groups in total. The highest BCUT2D eigenvalue weighted by atomic mass is 32.2. The third kappa shape index (κ3) is 5.70. The van der Waals surface area contributed by atoms with Gasteiger partial charge in [-0.05, 0) is 46.6 Å². The number of halogens is 1. The molecule has 0 saturated carbocycles. The summed E-state index contributed by atoms with van der Waals surface area (Å²) in [4.78, 5) is 31.5. The van der Waals surface area contributed by atoms with Crippen LogP contribution in [0.25, 0.3) is 0 Å². The van der Waals surface area contributed by atoms with E-state index in [1.165, 1.54) is 11.8 Å². The van der Waals surface area contributed by atoms with Crippen LogP contribution in [0.2, 0.25) is 0 Å². The molecule has 2 aromatic rings. The maximum absolute atomic E-state index is 14.1. The molecule has 4 aliphatic rings. The number of rotatable bonds is 5. The summed E-state index contributed by atoms with van der Waals surface area (Å²) in [6, 6.07) is 1.71. The molecule has 42 heavy (non-hydrogen) atoms. The van der Waals surface area contributed by atoms with Gasteiger partial charge in [0.2, 0.25) is 0 Å². The Labute approximate surface area is 249 Å². The predicted molar refractivity (Wildman–Crippen MR) is 155 cm³/mol. The standard InChI is InChI=1S/C29H39FN6O5S/c1-17-24(34-27(38)41-28(2,3)4)29(16-40-17)6-9-35(10-7-29)25-20(14-37)33-22(12-32-25)42-21-5-8-31-26-23(21)39-15-19-11-18(30)13-36(19)26/h5,8,12,17-19,24,37H,6-7,9-11,13-16H2,1-4H3,(H,34,38)/t17-,18-,19-,24+/m0/s1. The first-order valence-corrected chi connectivity index (χ1v) is 15.4. The Hall–Kier alpha value is -2.90. The molecule has 2 aromatic heterocycles. The van der Waals surface area contributed by atoms with Crippen molar-refractivity contribution in [1.29, 1.82) is 0 Å². The molecule has 1 spiro atoms. The van der Waals surface area contributed by atoms with E-state index in [1.807, 2.05) is 38.7 Å². The predicted octanol–water partition coefficient (Wildman–Crippen LogP) is 3.72. The van der Waals surface area contributed by atoms with Crippen LogP contribution in [-0.4, -0.2) is 89.0 Å². The van der Waals surface area contributed by atoms with Crippen LogP contribution >= 0.6 is 11.8 Å². The van der Waals surface area contributed by atoms with Crippen LogP contribution in [0.3, 0.4) is 0 Å². The van der Waals surface area contributed by atoms with E-state index >= 15 is 0 Å². The van der Waals surface area contributed by atoms with Crippen molar-refractivity contribution in [2.24, 2.45) is 5.41 Å². The van der Waals surface area contributed by atoms with Crippen LogP contribution in [0.15, 0.2) is 28.4 Å². The van der Waals surface area contributed by atoms with E-state index in [0.29, 0.717) is 67.4 Å². The Kier molecular flexibility index (Phi) is 7.86. The van der Waals surface area contributed by atoms with E-state index in [9.17, 15) is 14.3 Å². The van der Waals surface area contributed by atoms with Gasteiger partial charge in [0.1, 0.15) is 29.1 Å². The average Bonchev–Trinajstić information content (AvgIpc) is 3.47. The molecule has 3 fully saturated rings. The first-order valence-electron chi connectivity index (χ1n) is 14.6. The van der Waals surface area contributed by atoms with Crippen LogP contribution in [0.5, 0.6) is 5.75 Å². The van der Waals surface area contributed by atoms with E-state index < -0.39 is 17.9 Å². The van der Waals surface area contributed by atoms with E-state index in [0.717, 1.165) is 17.7 Å². The molecule has 0 radical (unpaired) electrons. The van der Waals surface area contributed by atoms with Crippen molar-refractivity contribution in [3.05, 3.63) is 24.2 Å². The topological polar surface area (TPSA) is 122 Å². The minimum atomic E-state index is -0.880. The SMILES string of the molecule is C[C@@H]1OCC2(CCN(c3ncc(Sc4ccnc5c4OC[C@@H]4C[C@H](F)CN54)nc3CO)CC2)[C@@H]1NC(=O)OC(C)(C)C. The number of hydrogen-bond acceptors (Lipinski definition) is 11. The van der Waals surface area contributed by atoms with Crippen molar-refractivity contribution >= 4 is 29.5 Å². The fourth-order valence-electron chi connectivity index (χ4n) is 6.54. The second kappa shape index (κ2) is 11.3. The molecule has 6 rings (SSSR count). The van der Waals surface area contributed by atoms with Crippen LogP contribution < -0.4 is 19.9 Å². The lowest BCUT2D eigenvalue weighted by atomic mass is 9.73. The number of piperidine rings is 1. The van der Waals surface area contributed by atoms with Gasteiger partial charge in [-0.15, -0.1) is 0 Å². The van der Waals surface area contributed by atoms with E-state index in [4.69, 9.17) is 24.2 Å².